The summed E-state index contributed by atoms with van der Waals surface area (Å²) in [6, 6.07) is 7.71. The van der Waals surface area contributed by atoms with Crippen molar-refractivity contribution in [1.82, 2.24) is 15.6 Å². The monoisotopic (exact) mass is 518 g/mol. The van der Waals surface area contributed by atoms with Crippen LogP contribution in [0.5, 0.6) is 5.75 Å². The molecule has 154 valence electrons. The molecule has 2 rings (SSSR count). The van der Waals surface area contributed by atoms with Crippen molar-refractivity contribution in [2.75, 3.05) is 20.8 Å². The number of thiazole rings is 1. The van der Waals surface area contributed by atoms with E-state index in [9.17, 15) is 4.79 Å². The molecule has 0 aliphatic carbocycles. The molecule has 1 unspecified atom stereocenters. The maximum atomic E-state index is 12.0. The van der Waals surface area contributed by atoms with Gasteiger partial charge in [0, 0.05) is 19.2 Å². The van der Waals surface area contributed by atoms with E-state index in [4.69, 9.17) is 9.47 Å². The predicted octanol–water partition coefficient (Wildman–Crippen LogP) is 3.68. The molecule has 1 aromatic carbocycles. The summed E-state index contributed by atoms with van der Waals surface area (Å²) >= 11 is 1.34. The summed E-state index contributed by atoms with van der Waals surface area (Å²) in [5.74, 6) is 1.13. The second kappa shape index (κ2) is 11.8. The molecule has 0 spiro atoms. The average molecular weight is 518 g/mol. The highest BCUT2D eigenvalue weighted by Gasteiger charge is 2.20. The van der Waals surface area contributed by atoms with Crippen LogP contribution in [0.15, 0.2) is 29.3 Å². The van der Waals surface area contributed by atoms with Crippen LogP contribution in [0.4, 0.5) is 0 Å². The van der Waals surface area contributed by atoms with Crippen LogP contribution in [-0.2, 0) is 11.3 Å². The molecule has 0 radical (unpaired) electrons. The van der Waals surface area contributed by atoms with Gasteiger partial charge in [0.1, 0.15) is 15.6 Å². The molecule has 0 amide bonds. The number of para-hydroxylation sites is 1. The zero-order valence-electron chi connectivity index (χ0n) is 16.7. The molecular formula is C19H27IN4O3S. The number of methoxy groups -OCH3 is 1. The van der Waals surface area contributed by atoms with Crippen LogP contribution >= 0.6 is 35.3 Å². The number of halogens is 1. The zero-order valence-corrected chi connectivity index (χ0v) is 19.9. The Balaban J connectivity index is 0.00000392. The molecule has 9 heteroatoms. The summed E-state index contributed by atoms with van der Waals surface area (Å²) < 4.78 is 10.4. The van der Waals surface area contributed by atoms with E-state index in [1.54, 1.807) is 21.1 Å². The zero-order chi connectivity index (χ0) is 19.8. The van der Waals surface area contributed by atoms with Crippen molar-refractivity contribution in [2.24, 2.45) is 4.99 Å². The first-order valence-corrected chi connectivity index (χ1v) is 9.55. The number of nitrogens with zero attached hydrogens (tertiary/aromatic N) is 2. The van der Waals surface area contributed by atoms with Gasteiger partial charge in [0.15, 0.2) is 5.96 Å². The van der Waals surface area contributed by atoms with E-state index < -0.39 is 0 Å². The van der Waals surface area contributed by atoms with E-state index in [1.807, 2.05) is 38.1 Å². The molecule has 7 nitrogen and oxygen atoms in total. The molecule has 1 atom stereocenters. The summed E-state index contributed by atoms with van der Waals surface area (Å²) in [4.78, 5) is 21.3. The SMILES string of the molecule is CCOC(=O)c1sc(C(C)NC(=NC)NCc2ccccc2OC)nc1C.I. The van der Waals surface area contributed by atoms with Gasteiger partial charge in [-0.25, -0.2) is 9.78 Å². The molecule has 0 saturated heterocycles. The maximum Gasteiger partial charge on any atom is 0.350 e. The van der Waals surface area contributed by atoms with Gasteiger partial charge in [-0.15, -0.1) is 35.3 Å². The van der Waals surface area contributed by atoms with Gasteiger partial charge in [-0.05, 0) is 26.8 Å². The number of hydrogen-bond acceptors (Lipinski definition) is 6. The first-order chi connectivity index (χ1) is 13.0. The smallest absolute Gasteiger partial charge is 0.350 e. The first-order valence-electron chi connectivity index (χ1n) is 8.73. The fraction of sp³-hybridized carbons (Fsp3) is 0.421. The summed E-state index contributed by atoms with van der Waals surface area (Å²) in [6.07, 6.45) is 0. The number of nitrogens with one attached hydrogen (secondary N) is 2. The topological polar surface area (TPSA) is 84.8 Å². The molecule has 0 aliphatic heterocycles. The fourth-order valence-electron chi connectivity index (χ4n) is 2.48. The Bertz CT molecular complexity index is 810. The fourth-order valence-corrected chi connectivity index (χ4v) is 3.44. The Labute approximate surface area is 187 Å². The Morgan fingerprint density at radius 3 is 2.71 bits per heavy atom. The molecule has 0 fully saturated rings. The van der Waals surface area contributed by atoms with Crippen molar-refractivity contribution in [1.29, 1.82) is 0 Å². The highest BCUT2D eigenvalue weighted by Crippen LogP contribution is 2.24. The number of aliphatic imine (C=N–C) groups is 1. The lowest BCUT2D eigenvalue weighted by Gasteiger charge is -2.17. The summed E-state index contributed by atoms with van der Waals surface area (Å²) in [7, 11) is 3.36. The highest BCUT2D eigenvalue weighted by molar-refractivity contribution is 14.0. The summed E-state index contributed by atoms with van der Waals surface area (Å²) in [5.41, 5.74) is 1.71. The number of aromatic nitrogens is 1. The number of hydrogen-bond donors (Lipinski definition) is 2. The molecule has 1 aromatic heterocycles. The molecule has 28 heavy (non-hydrogen) atoms. The van der Waals surface area contributed by atoms with Gasteiger partial charge in [-0.1, -0.05) is 18.2 Å². The van der Waals surface area contributed by atoms with Crippen molar-refractivity contribution in [3.63, 3.8) is 0 Å². The van der Waals surface area contributed by atoms with E-state index >= 15 is 0 Å². The molecule has 0 bridgehead atoms. The van der Waals surface area contributed by atoms with Crippen molar-refractivity contribution in [3.05, 3.63) is 45.4 Å². The van der Waals surface area contributed by atoms with Gasteiger partial charge in [-0.2, -0.15) is 0 Å². The van der Waals surface area contributed by atoms with E-state index in [2.05, 4.69) is 20.6 Å². The number of esters is 1. The number of benzene rings is 1. The van der Waals surface area contributed by atoms with E-state index in [0.717, 1.165) is 16.3 Å². The minimum atomic E-state index is -0.329. The van der Waals surface area contributed by atoms with E-state index in [1.165, 1.54) is 11.3 Å². The average Bonchev–Trinajstić information content (AvgIpc) is 3.07. The van der Waals surface area contributed by atoms with Gasteiger partial charge in [0.05, 0.1) is 25.5 Å². The van der Waals surface area contributed by atoms with Crippen LogP contribution in [0.3, 0.4) is 0 Å². The van der Waals surface area contributed by atoms with Crippen LogP contribution < -0.4 is 15.4 Å². The standard InChI is InChI=1S/C19H26N4O3S.HI/c1-6-26-18(24)16-12(2)22-17(27-16)13(3)23-19(20-4)21-11-14-9-7-8-10-15(14)25-5;/h7-10,13H,6,11H2,1-5H3,(H2,20,21,23);1H. The molecule has 1 heterocycles. The lowest BCUT2D eigenvalue weighted by Crippen LogP contribution is -2.38. The van der Waals surface area contributed by atoms with Gasteiger partial charge in [-0.3, -0.25) is 4.99 Å². The third-order valence-electron chi connectivity index (χ3n) is 3.86. The number of carbonyl (C=O) groups is 1. The third kappa shape index (κ3) is 6.33. The first kappa shape index (κ1) is 24.2. The second-order valence-electron chi connectivity index (χ2n) is 5.79. The lowest BCUT2D eigenvalue weighted by molar-refractivity contribution is 0.0531. The lowest BCUT2D eigenvalue weighted by atomic mass is 10.2. The predicted molar refractivity (Wildman–Crippen MR) is 123 cm³/mol. The highest BCUT2D eigenvalue weighted by atomic mass is 127. The van der Waals surface area contributed by atoms with Crippen molar-refractivity contribution in [3.8, 4) is 5.75 Å². The Morgan fingerprint density at radius 1 is 1.36 bits per heavy atom. The number of ether oxygens (including phenoxy) is 2. The number of rotatable bonds is 7. The Hall–Kier alpha value is -1.88. The van der Waals surface area contributed by atoms with Gasteiger partial charge < -0.3 is 20.1 Å². The minimum Gasteiger partial charge on any atom is -0.496 e. The van der Waals surface area contributed by atoms with Crippen molar-refractivity contribution in [2.45, 2.75) is 33.4 Å². The molecule has 2 N–H and O–H groups in total. The molecular weight excluding hydrogens is 491 g/mol. The van der Waals surface area contributed by atoms with E-state index in [0.29, 0.717) is 29.7 Å². The largest absolute Gasteiger partial charge is 0.496 e. The Kier molecular flexibility index (Phi) is 10.2. The van der Waals surface area contributed by atoms with Crippen LogP contribution in [0.1, 0.15) is 45.8 Å². The third-order valence-corrected chi connectivity index (χ3v) is 5.18. The van der Waals surface area contributed by atoms with Crippen molar-refractivity contribution < 1.29 is 14.3 Å². The summed E-state index contributed by atoms with van der Waals surface area (Å²) in [5, 5.41) is 7.37. The quantitative estimate of drug-likeness (QED) is 0.252. The van der Waals surface area contributed by atoms with Crippen LogP contribution in [0.25, 0.3) is 0 Å². The summed E-state index contributed by atoms with van der Waals surface area (Å²) in [6.45, 7) is 6.49. The van der Waals surface area contributed by atoms with E-state index in [-0.39, 0.29) is 36.0 Å². The molecule has 2 aromatic rings. The van der Waals surface area contributed by atoms with Gasteiger partial charge >= 0.3 is 5.97 Å². The number of guanidine groups is 1. The molecule has 0 saturated carbocycles. The number of carbonyl (C=O) groups excluding carboxylic acids is 1. The minimum absolute atomic E-state index is 0. The van der Waals surface area contributed by atoms with Gasteiger partial charge in [0.2, 0.25) is 0 Å². The second-order valence-corrected chi connectivity index (χ2v) is 6.82. The van der Waals surface area contributed by atoms with Crippen molar-refractivity contribution >= 4 is 47.2 Å². The maximum absolute atomic E-state index is 12.0. The number of aryl methyl sites for hydroxylation is 1. The van der Waals surface area contributed by atoms with Crippen LogP contribution in [-0.4, -0.2) is 37.7 Å². The van der Waals surface area contributed by atoms with Crippen LogP contribution in [0, 0.1) is 6.92 Å². The van der Waals surface area contributed by atoms with Gasteiger partial charge in [0.25, 0.3) is 0 Å². The Morgan fingerprint density at radius 2 is 2.07 bits per heavy atom. The molecule has 0 aliphatic rings. The van der Waals surface area contributed by atoms with Crippen LogP contribution in [0.2, 0.25) is 0 Å². The normalized spacial score (nSPS) is 12.0.